The minimum atomic E-state index is -0.952. The summed E-state index contributed by atoms with van der Waals surface area (Å²) in [6.45, 7) is 23.6. The zero-order chi connectivity index (χ0) is 31.4. The van der Waals surface area contributed by atoms with Crippen molar-refractivity contribution in [3.05, 3.63) is 106 Å². The predicted molar refractivity (Wildman–Crippen MR) is 175 cm³/mol. The van der Waals surface area contributed by atoms with Crippen molar-refractivity contribution in [1.82, 2.24) is 0 Å². The van der Waals surface area contributed by atoms with Crippen LogP contribution in [-0.2, 0) is 4.79 Å². The summed E-state index contributed by atoms with van der Waals surface area (Å²) < 4.78 is 0. The second kappa shape index (κ2) is 10.8. The molecule has 0 fully saturated rings. The van der Waals surface area contributed by atoms with E-state index >= 15 is 0 Å². The number of nitrogens with two attached hydrogens (primary N) is 1. The fourth-order valence-corrected chi connectivity index (χ4v) is 8.40. The number of amides is 1. The number of hydrogen-bond acceptors (Lipinski definition) is 4. The molecule has 0 aromatic heterocycles. The summed E-state index contributed by atoms with van der Waals surface area (Å²) in [7, 11) is 1.87. The number of allylic oxidation sites excluding steroid dienone is 9. The molecule has 4 rings (SSSR count). The van der Waals surface area contributed by atoms with Gasteiger partial charge in [-0.2, -0.15) is 0 Å². The number of carbonyl (C=O) groups excluding carboxylic acids is 1. The van der Waals surface area contributed by atoms with Crippen LogP contribution in [0.5, 0.6) is 0 Å². The number of fused-ring (bicyclic) bond motifs is 2. The molecular weight excluding hydrogens is 520 g/mol. The molecule has 0 aliphatic heterocycles. The summed E-state index contributed by atoms with van der Waals surface area (Å²) >= 11 is 0. The lowest BCUT2D eigenvalue weighted by molar-refractivity contribution is -0.115. The number of anilines is 1. The van der Waals surface area contributed by atoms with Crippen LogP contribution in [0, 0.1) is 22.2 Å². The molecule has 224 valence electrons. The zero-order valence-electron chi connectivity index (χ0n) is 26.7. The minimum absolute atomic E-state index is 0.0188. The van der Waals surface area contributed by atoms with Crippen molar-refractivity contribution < 1.29 is 15.0 Å². The Morgan fingerprint density at radius 3 is 2.38 bits per heavy atom. The lowest BCUT2D eigenvalue weighted by Crippen LogP contribution is -2.56. The van der Waals surface area contributed by atoms with Crippen molar-refractivity contribution in [2.75, 3.05) is 12.4 Å². The molecule has 3 aliphatic carbocycles. The first kappa shape index (κ1) is 31.2. The molecule has 1 aromatic carbocycles. The number of nitrogens with one attached hydrogen (secondary N) is 1. The van der Waals surface area contributed by atoms with E-state index in [1.165, 1.54) is 0 Å². The molecule has 5 N–H and O–H groups in total. The van der Waals surface area contributed by atoms with Gasteiger partial charge in [0.25, 0.3) is 0 Å². The number of benzene rings is 1. The van der Waals surface area contributed by atoms with Gasteiger partial charge in [-0.15, -0.1) is 0 Å². The Morgan fingerprint density at radius 2 is 1.81 bits per heavy atom. The van der Waals surface area contributed by atoms with Gasteiger partial charge >= 0.3 is 0 Å². The van der Waals surface area contributed by atoms with Crippen LogP contribution in [-0.4, -0.2) is 23.2 Å². The molecule has 42 heavy (non-hydrogen) atoms. The van der Waals surface area contributed by atoms with Gasteiger partial charge in [0.1, 0.15) is 11.5 Å². The third-order valence-corrected chi connectivity index (χ3v) is 10.7. The molecule has 1 aromatic rings. The van der Waals surface area contributed by atoms with Crippen molar-refractivity contribution in [2.45, 2.75) is 74.1 Å². The van der Waals surface area contributed by atoms with Gasteiger partial charge in [0.05, 0.1) is 5.41 Å². The second-order valence-electron chi connectivity index (χ2n) is 13.1. The molecule has 4 atom stereocenters. The Morgan fingerprint density at radius 1 is 1.14 bits per heavy atom. The summed E-state index contributed by atoms with van der Waals surface area (Å²) in [5, 5.41) is 27.7. The maximum Gasteiger partial charge on any atom is 0.248 e. The minimum Gasteiger partial charge on any atom is -0.511 e. The Balaban J connectivity index is 2.07. The molecule has 0 heterocycles. The van der Waals surface area contributed by atoms with Gasteiger partial charge in [0, 0.05) is 40.4 Å². The van der Waals surface area contributed by atoms with Gasteiger partial charge in [-0.25, -0.2) is 0 Å². The second-order valence-corrected chi connectivity index (χ2v) is 13.1. The van der Waals surface area contributed by atoms with E-state index in [1.807, 2.05) is 58.2 Å². The summed E-state index contributed by atoms with van der Waals surface area (Å²) in [5.41, 5.74) is 11.6. The number of aliphatic hydroxyl groups excluding tert-OH is 2. The van der Waals surface area contributed by atoms with Crippen LogP contribution < -0.4 is 11.1 Å². The third kappa shape index (κ3) is 4.40. The molecule has 1 amide bonds. The summed E-state index contributed by atoms with van der Waals surface area (Å²) in [5.74, 6) is -0.176. The molecule has 0 unspecified atom stereocenters. The fourth-order valence-electron chi connectivity index (χ4n) is 8.40. The molecular formula is C37H48N2O3. The molecule has 5 heteroatoms. The highest BCUT2D eigenvalue weighted by Gasteiger charge is 2.64. The SMILES string of the molecule is C=C1C2=C(O)[C@]3(C)C(=C)C(C(N)=O)=C(C)[C@@H](CC)[C@]3(C)C[C@]2(C)C/C=C(C)/C=C(c2cccc(NC)c2)\C(O)=C\1CC. The normalized spacial score (nSPS) is 34.6. The van der Waals surface area contributed by atoms with Crippen LogP contribution in [0.15, 0.2) is 100 Å². The Hall–Kier alpha value is -3.73. The van der Waals surface area contributed by atoms with Gasteiger partial charge in [0.15, 0.2) is 0 Å². The number of rotatable bonds is 5. The standard InChI is InChI=1S/C37H48N2O3/c1-11-27-22(4)31-33(41)37(9)24(6)30(34(38)42)23(5)29(12-2)36(37,8)20-35(31,7)17-16-21(3)18-28(32(27)40)25-14-13-15-26(19-25)39-10/h13-16,18-19,29,39-41H,4,6,11-12,17,20H2,1-3,5,7-10H3,(H2,38,42)/b21-16+,28-18-,32-27-/t29-,35+,36+,37+/m1/s1. The molecule has 0 saturated heterocycles. The van der Waals surface area contributed by atoms with Gasteiger partial charge in [-0.3, -0.25) is 4.79 Å². The van der Waals surface area contributed by atoms with Gasteiger partial charge < -0.3 is 21.3 Å². The highest BCUT2D eigenvalue weighted by molar-refractivity contribution is 5.98. The van der Waals surface area contributed by atoms with Crippen LogP contribution >= 0.6 is 0 Å². The quantitative estimate of drug-likeness (QED) is 0.285. The van der Waals surface area contributed by atoms with E-state index in [9.17, 15) is 15.0 Å². The van der Waals surface area contributed by atoms with E-state index < -0.39 is 22.2 Å². The van der Waals surface area contributed by atoms with Gasteiger partial charge in [-0.05, 0) is 92.7 Å². The average Bonchev–Trinajstić information content (AvgIpc) is 2.93. The number of hydrogen-bond donors (Lipinski definition) is 4. The molecule has 0 spiro atoms. The predicted octanol–water partition coefficient (Wildman–Crippen LogP) is 8.87. The Bertz CT molecular complexity index is 1530. The molecule has 0 bridgehead atoms. The van der Waals surface area contributed by atoms with E-state index in [-0.39, 0.29) is 17.4 Å². The van der Waals surface area contributed by atoms with Crippen LogP contribution in [0.2, 0.25) is 0 Å². The van der Waals surface area contributed by atoms with Crippen LogP contribution in [0.4, 0.5) is 5.69 Å². The van der Waals surface area contributed by atoms with Gasteiger partial charge in [-0.1, -0.05) is 70.2 Å². The van der Waals surface area contributed by atoms with Crippen molar-refractivity contribution in [3.8, 4) is 0 Å². The first-order chi connectivity index (χ1) is 19.6. The zero-order valence-corrected chi connectivity index (χ0v) is 26.7. The van der Waals surface area contributed by atoms with Crippen molar-refractivity contribution in [1.29, 1.82) is 0 Å². The summed E-state index contributed by atoms with van der Waals surface area (Å²) in [4.78, 5) is 12.8. The maximum absolute atomic E-state index is 12.8. The van der Waals surface area contributed by atoms with E-state index in [2.05, 4.69) is 52.2 Å². The van der Waals surface area contributed by atoms with Crippen LogP contribution in [0.3, 0.4) is 0 Å². The summed E-state index contributed by atoms with van der Waals surface area (Å²) in [6.07, 6.45) is 6.97. The smallest absolute Gasteiger partial charge is 0.248 e. The molecule has 0 saturated carbocycles. The van der Waals surface area contributed by atoms with Crippen LogP contribution in [0.25, 0.3) is 5.57 Å². The van der Waals surface area contributed by atoms with Crippen molar-refractivity contribution >= 4 is 17.2 Å². The molecule has 0 radical (unpaired) electrons. The highest BCUT2D eigenvalue weighted by Crippen LogP contribution is 2.70. The lowest BCUT2D eigenvalue weighted by Gasteiger charge is -2.62. The topological polar surface area (TPSA) is 95.6 Å². The van der Waals surface area contributed by atoms with E-state index in [4.69, 9.17) is 5.73 Å². The van der Waals surface area contributed by atoms with Crippen molar-refractivity contribution in [3.63, 3.8) is 0 Å². The van der Waals surface area contributed by atoms with E-state index in [0.29, 0.717) is 40.7 Å². The molecule has 3 aliphatic rings. The van der Waals surface area contributed by atoms with Gasteiger partial charge in [0.2, 0.25) is 5.91 Å². The average molecular weight is 569 g/mol. The Labute approximate surface area is 252 Å². The monoisotopic (exact) mass is 568 g/mol. The summed E-state index contributed by atoms with van der Waals surface area (Å²) in [6, 6.07) is 7.95. The maximum atomic E-state index is 12.8. The first-order valence-corrected chi connectivity index (χ1v) is 15.1. The molecule has 5 nitrogen and oxygen atoms in total. The van der Waals surface area contributed by atoms with E-state index in [1.54, 1.807) is 0 Å². The van der Waals surface area contributed by atoms with E-state index in [0.717, 1.165) is 40.8 Å². The number of carbonyl (C=O) groups is 1. The third-order valence-electron chi connectivity index (χ3n) is 10.7. The van der Waals surface area contributed by atoms with Crippen molar-refractivity contribution in [2.24, 2.45) is 27.9 Å². The number of aliphatic hydroxyl groups is 2. The van der Waals surface area contributed by atoms with Crippen LogP contribution in [0.1, 0.15) is 79.7 Å². The number of primary amides is 1. The fraction of sp³-hybridized carbons (Fsp3) is 0.432. The Kier molecular flexibility index (Phi) is 8.05. The first-order valence-electron chi connectivity index (χ1n) is 15.1. The largest absolute Gasteiger partial charge is 0.511 e. The highest BCUT2D eigenvalue weighted by atomic mass is 16.3. The lowest BCUT2D eigenvalue weighted by atomic mass is 9.41.